The van der Waals surface area contributed by atoms with Crippen molar-refractivity contribution in [1.82, 2.24) is 9.62 Å². The second-order valence-electron chi connectivity index (χ2n) is 6.28. The summed E-state index contributed by atoms with van der Waals surface area (Å²) in [6.07, 6.45) is 0.289. The van der Waals surface area contributed by atoms with Crippen molar-refractivity contribution >= 4 is 44.6 Å². The lowest BCUT2D eigenvalue weighted by Crippen LogP contribution is -2.50. The number of hydrogen-bond donors (Lipinski definition) is 1. The lowest BCUT2D eigenvalue weighted by atomic mass is 10.2. The summed E-state index contributed by atoms with van der Waals surface area (Å²) in [6.45, 7) is 2.27. The largest absolute Gasteiger partial charge is 0.369 e. The molecule has 1 aliphatic rings. The first-order valence-corrected chi connectivity index (χ1v) is 11.6. The molecule has 2 heterocycles. The Hall–Kier alpha value is -1.61. The second-order valence-corrected chi connectivity index (χ2v) is 9.84. The first-order chi connectivity index (χ1) is 12.9. The molecule has 9 heteroatoms. The van der Waals surface area contributed by atoms with Gasteiger partial charge in [-0.25, -0.2) is 8.42 Å². The molecular formula is C18H22ClN3O3S2. The van der Waals surface area contributed by atoms with Gasteiger partial charge in [-0.05, 0) is 35.7 Å². The molecule has 27 heavy (non-hydrogen) atoms. The van der Waals surface area contributed by atoms with E-state index in [-0.39, 0.29) is 24.6 Å². The van der Waals surface area contributed by atoms with Crippen molar-refractivity contribution in [2.24, 2.45) is 0 Å². The molecule has 0 bridgehead atoms. The number of hydrogen-bond acceptors (Lipinski definition) is 5. The van der Waals surface area contributed by atoms with E-state index in [9.17, 15) is 13.2 Å². The van der Waals surface area contributed by atoms with Gasteiger partial charge in [0.15, 0.2) is 0 Å². The topological polar surface area (TPSA) is 69.7 Å². The molecule has 6 nitrogen and oxygen atoms in total. The third-order valence-electron chi connectivity index (χ3n) is 4.42. The van der Waals surface area contributed by atoms with Crippen molar-refractivity contribution in [3.63, 3.8) is 0 Å². The van der Waals surface area contributed by atoms with Crippen molar-refractivity contribution in [3.05, 3.63) is 51.7 Å². The fourth-order valence-electron chi connectivity index (χ4n) is 2.96. The van der Waals surface area contributed by atoms with Crippen LogP contribution in [0.2, 0.25) is 5.02 Å². The molecule has 0 spiro atoms. The zero-order valence-corrected chi connectivity index (χ0v) is 17.2. The van der Waals surface area contributed by atoms with Crippen LogP contribution in [0.15, 0.2) is 41.8 Å². The highest BCUT2D eigenvalue weighted by atomic mass is 35.5. The van der Waals surface area contributed by atoms with Crippen LogP contribution >= 0.6 is 22.9 Å². The van der Waals surface area contributed by atoms with Crippen molar-refractivity contribution in [3.8, 4) is 0 Å². The Morgan fingerprint density at radius 1 is 1.11 bits per heavy atom. The monoisotopic (exact) mass is 427 g/mol. The van der Waals surface area contributed by atoms with Gasteiger partial charge in [0, 0.05) is 48.3 Å². The van der Waals surface area contributed by atoms with Crippen molar-refractivity contribution < 1.29 is 13.2 Å². The lowest BCUT2D eigenvalue weighted by Gasteiger charge is -2.35. The smallest absolute Gasteiger partial charge is 0.225 e. The first-order valence-electron chi connectivity index (χ1n) is 8.71. The molecule has 2 aromatic rings. The molecule has 1 aliphatic heterocycles. The average Bonchev–Trinajstić information content (AvgIpc) is 3.15. The Balaban J connectivity index is 1.44. The molecule has 1 saturated heterocycles. The Morgan fingerprint density at radius 3 is 2.44 bits per heavy atom. The maximum Gasteiger partial charge on any atom is 0.225 e. The third kappa shape index (κ3) is 5.68. The van der Waals surface area contributed by atoms with E-state index in [4.69, 9.17) is 11.6 Å². The maximum absolute atomic E-state index is 12.5. The number of carbonyl (C=O) groups excluding carboxylic acids is 1. The maximum atomic E-state index is 12.5. The van der Waals surface area contributed by atoms with Crippen molar-refractivity contribution in [2.75, 3.05) is 43.4 Å². The summed E-state index contributed by atoms with van der Waals surface area (Å²) in [5, 5.41) is 5.29. The number of halogens is 1. The summed E-state index contributed by atoms with van der Waals surface area (Å²) < 4.78 is 26.5. The van der Waals surface area contributed by atoms with Gasteiger partial charge in [-0.15, -0.1) is 11.3 Å². The molecule has 146 valence electrons. The summed E-state index contributed by atoms with van der Waals surface area (Å²) in [7, 11) is -3.38. The number of piperazine rings is 1. The zero-order valence-electron chi connectivity index (χ0n) is 14.8. The number of sulfonamides is 1. The highest BCUT2D eigenvalue weighted by Crippen LogP contribution is 2.20. The quantitative estimate of drug-likeness (QED) is 0.735. The van der Waals surface area contributed by atoms with Gasteiger partial charge in [-0.2, -0.15) is 4.31 Å². The summed E-state index contributed by atoms with van der Waals surface area (Å²) in [4.78, 5) is 15.0. The van der Waals surface area contributed by atoms with Gasteiger partial charge in [-0.3, -0.25) is 4.79 Å². The van der Waals surface area contributed by atoms with Crippen molar-refractivity contribution in [2.45, 2.75) is 6.42 Å². The normalized spacial score (nSPS) is 15.7. The number of nitrogens with one attached hydrogen (secondary N) is 1. The number of benzene rings is 1. The van der Waals surface area contributed by atoms with E-state index in [0.717, 1.165) is 10.6 Å². The summed E-state index contributed by atoms with van der Waals surface area (Å²) in [5.74, 6) is -0.232. The van der Waals surface area contributed by atoms with E-state index in [1.54, 1.807) is 0 Å². The van der Waals surface area contributed by atoms with Crippen molar-refractivity contribution in [1.29, 1.82) is 0 Å². The number of rotatable bonds is 7. The van der Waals surface area contributed by atoms with Crippen LogP contribution in [0, 0.1) is 0 Å². The molecule has 0 aliphatic carbocycles. The minimum absolute atomic E-state index is 0.0792. The third-order valence-corrected chi connectivity index (χ3v) is 7.42. The highest BCUT2D eigenvalue weighted by Gasteiger charge is 2.26. The molecule has 1 amide bonds. The predicted octanol–water partition coefficient (Wildman–Crippen LogP) is 2.21. The SMILES string of the molecule is O=C(Cc1cccs1)NCCS(=O)(=O)N1CCN(c2ccc(Cl)cc2)CC1. The van der Waals surface area contributed by atoms with Crippen LogP contribution in [-0.2, 0) is 21.2 Å². The molecule has 3 rings (SSSR count). The van der Waals surface area contributed by atoms with Crippen LogP contribution in [0.3, 0.4) is 0 Å². The molecule has 1 N–H and O–H groups in total. The summed E-state index contributed by atoms with van der Waals surface area (Å²) >= 11 is 7.42. The minimum Gasteiger partial charge on any atom is -0.369 e. The fourth-order valence-corrected chi connectivity index (χ4v) is 5.13. The van der Waals surface area contributed by atoms with E-state index < -0.39 is 10.0 Å². The fraction of sp³-hybridized carbons (Fsp3) is 0.389. The van der Waals surface area contributed by atoms with Gasteiger partial charge < -0.3 is 10.2 Å². The van der Waals surface area contributed by atoms with Gasteiger partial charge in [0.1, 0.15) is 0 Å². The standard InChI is InChI=1S/C18H22ClN3O3S2/c19-15-3-5-16(6-4-15)21-8-10-22(11-9-21)27(24,25)13-7-20-18(23)14-17-2-1-12-26-17/h1-6,12H,7-11,13-14H2,(H,20,23). The van der Waals surface area contributed by atoms with E-state index >= 15 is 0 Å². The Labute approximate surface area is 168 Å². The van der Waals surface area contributed by atoms with E-state index in [1.165, 1.54) is 15.6 Å². The number of carbonyl (C=O) groups is 1. The predicted molar refractivity (Wildman–Crippen MR) is 110 cm³/mol. The van der Waals surface area contributed by atoms with Crippen LogP contribution in [-0.4, -0.2) is 57.1 Å². The molecule has 1 aromatic heterocycles. The highest BCUT2D eigenvalue weighted by molar-refractivity contribution is 7.89. The molecule has 0 unspecified atom stereocenters. The van der Waals surface area contributed by atoms with Crippen LogP contribution in [0.5, 0.6) is 0 Å². The molecule has 1 fully saturated rings. The average molecular weight is 428 g/mol. The molecule has 0 atom stereocenters. The number of amides is 1. The molecule has 0 radical (unpaired) electrons. The molecule has 1 aromatic carbocycles. The number of nitrogens with zero attached hydrogens (tertiary/aromatic N) is 2. The number of anilines is 1. The van der Waals surface area contributed by atoms with E-state index in [1.807, 2.05) is 41.8 Å². The summed E-state index contributed by atoms with van der Waals surface area (Å²) in [5.41, 5.74) is 1.04. The van der Waals surface area contributed by atoms with Gasteiger partial charge in [-0.1, -0.05) is 17.7 Å². The Morgan fingerprint density at radius 2 is 1.81 bits per heavy atom. The van der Waals surface area contributed by atoms with Gasteiger partial charge in [0.25, 0.3) is 0 Å². The molecular weight excluding hydrogens is 406 g/mol. The first kappa shape index (κ1) is 20.1. The second kappa shape index (κ2) is 9.05. The summed E-state index contributed by atoms with van der Waals surface area (Å²) in [6, 6.07) is 11.3. The van der Waals surface area contributed by atoms with Crippen LogP contribution in [0.1, 0.15) is 4.88 Å². The Kier molecular flexibility index (Phi) is 6.75. The molecule has 0 saturated carbocycles. The lowest BCUT2D eigenvalue weighted by molar-refractivity contribution is -0.120. The van der Waals surface area contributed by atoms with E-state index in [0.29, 0.717) is 31.2 Å². The van der Waals surface area contributed by atoms with Gasteiger partial charge in [0.05, 0.1) is 12.2 Å². The van der Waals surface area contributed by atoms with Gasteiger partial charge >= 0.3 is 0 Å². The zero-order chi connectivity index (χ0) is 19.3. The Bertz CT molecular complexity index is 846. The minimum atomic E-state index is -3.38. The van der Waals surface area contributed by atoms with Crippen LogP contribution in [0.4, 0.5) is 5.69 Å². The van der Waals surface area contributed by atoms with E-state index in [2.05, 4.69) is 10.2 Å². The van der Waals surface area contributed by atoms with Gasteiger partial charge in [0.2, 0.25) is 15.9 Å². The number of thiophene rings is 1. The van der Waals surface area contributed by atoms with Crippen LogP contribution < -0.4 is 10.2 Å². The van der Waals surface area contributed by atoms with Crippen LogP contribution in [0.25, 0.3) is 0 Å².